The van der Waals surface area contributed by atoms with Crippen molar-refractivity contribution in [2.45, 2.75) is 45.6 Å². The van der Waals surface area contributed by atoms with Crippen molar-refractivity contribution in [1.29, 1.82) is 0 Å². The van der Waals surface area contributed by atoms with Crippen molar-refractivity contribution >= 4 is 5.91 Å². The summed E-state index contributed by atoms with van der Waals surface area (Å²) in [5, 5.41) is 3.36. The second-order valence-corrected chi connectivity index (χ2v) is 6.35. The molecule has 0 unspecified atom stereocenters. The third kappa shape index (κ3) is 4.46. The Labute approximate surface area is 117 Å². The van der Waals surface area contributed by atoms with Gasteiger partial charge in [0.25, 0.3) is 0 Å². The predicted molar refractivity (Wildman–Crippen MR) is 78.1 cm³/mol. The number of hydrogen-bond acceptors (Lipinski definition) is 3. The molecule has 4 heteroatoms. The molecule has 2 fully saturated rings. The van der Waals surface area contributed by atoms with E-state index in [1.165, 1.54) is 25.8 Å². The van der Waals surface area contributed by atoms with Gasteiger partial charge in [-0.2, -0.15) is 0 Å². The molecule has 2 saturated heterocycles. The summed E-state index contributed by atoms with van der Waals surface area (Å²) in [5.74, 6) is 1.11. The van der Waals surface area contributed by atoms with Gasteiger partial charge in [0.2, 0.25) is 5.91 Å². The van der Waals surface area contributed by atoms with E-state index in [0.717, 1.165) is 45.1 Å². The number of hydrogen-bond donors (Lipinski definition) is 1. The average Bonchev–Trinajstić information content (AvgIpc) is 2.46. The zero-order valence-corrected chi connectivity index (χ0v) is 12.5. The van der Waals surface area contributed by atoms with Crippen LogP contribution in [0.2, 0.25) is 0 Å². The summed E-state index contributed by atoms with van der Waals surface area (Å²) in [7, 11) is 0. The van der Waals surface area contributed by atoms with Crippen LogP contribution in [-0.2, 0) is 4.79 Å². The zero-order chi connectivity index (χ0) is 13.7. The van der Waals surface area contributed by atoms with E-state index >= 15 is 0 Å². The van der Waals surface area contributed by atoms with Crippen LogP contribution < -0.4 is 5.32 Å². The molecule has 0 aromatic rings. The molecule has 0 spiro atoms. The molecule has 4 nitrogen and oxygen atoms in total. The highest BCUT2D eigenvalue weighted by molar-refractivity contribution is 5.82. The minimum absolute atomic E-state index is 0.0935. The van der Waals surface area contributed by atoms with Crippen LogP contribution in [-0.4, -0.2) is 61.0 Å². The molecule has 1 N–H and O–H groups in total. The third-order valence-corrected chi connectivity index (χ3v) is 4.32. The van der Waals surface area contributed by atoms with Gasteiger partial charge in [-0.25, -0.2) is 0 Å². The number of carbonyl (C=O) groups excluding carboxylic acids is 1. The van der Waals surface area contributed by atoms with Crippen molar-refractivity contribution in [3.05, 3.63) is 0 Å². The Kier molecular flexibility index (Phi) is 5.64. The van der Waals surface area contributed by atoms with Crippen LogP contribution in [0.25, 0.3) is 0 Å². The van der Waals surface area contributed by atoms with E-state index in [4.69, 9.17) is 0 Å². The van der Waals surface area contributed by atoms with Crippen molar-refractivity contribution in [3.63, 3.8) is 0 Å². The van der Waals surface area contributed by atoms with Gasteiger partial charge in [-0.05, 0) is 38.3 Å². The zero-order valence-electron chi connectivity index (χ0n) is 12.5. The maximum atomic E-state index is 12.4. The first-order chi connectivity index (χ1) is 9.16. The van der Waals surface area contributed by atoms with Crippen LogP contribution in [0.5, 0.6) is 0 Å². The molecule has 0 bridgehead atoms. The molecule has 0 aliphatic carbocycles. The number of nitrogens with one attached hydrogen (secondary N) is 1. The first-order valence-electron chi connectivity index (χ1n) is 7.91. The van der Waals surface area contributed by atoms with Crippen molar-refractivity contribution < 1.29 is 4.79 Å². The van der Waals surface area contributed by atoms with E-state index in [2.05, 4.69) is 29.0 Å². The van der Waals surface area contributed by atoms with Gasteiger partial charge in [0.05, 0.1) is 6.04 Å². The fraction of sp³-hybridized carbons (Fsp3) is 0.933. The summed E-state index contributed by atoms with van der Waals surface area (Å²) in [6.07, 6.45) is 4.69. The largest absolute Gasteiger partial charge is 0.339 e. The highest BCUT2D eigenvalue weighted by atomic mass is 16.2. The standard InChI is InChI=1S/C15H29N3O/c1-13(2)6-8-17-9-11-18(12-10-17)15(19)14-5-3-4-7-16-14/h13-14,16H,3-12H2,1-2H3/t14-/m0/s1. The van der Waals surface area contributed by atoms with E-state index in [1.54, 1.807) is 0 Å². The first kappa shape index (κ1) is 14.8. The Morgan fingerprint density at radius 3 is 2.53 bits per heavy atom. The lowest BCUT2D eigenvalue weighted by Crippen LogP contribution is -2.55. The van der Waals surface area contributed by atoms with E-state index in [0.29, 0.717) is 5.91 Å². The number of piperidine rings is 1. The first-order valence-corrected chi connectivity index (χ1v) is 7.91. The van der Waals surface area contributed by atoms with Gasteiger partial charge in [-0.1, -0.05) is 20.3 Å². The average molecular weight is 267 g/mol. The van der Waals surface area contributed by atoms with Crippen molar-refractivity contribution in [2.24, 2.45) is 5.92 Å². The third-order valence-electron chi connectivity index (χ3n) is 4.32. The summed E-state index contributed by atoms with van der Waals surface area (Å²) >= 11 is 0. The summed E-state index contributed by atoms with van der Waals surface area (Å²) in [4.78, 5) is 16.9. The molecular weight excluding hydrogens is 238 g/mol. The van der Waals surface area contributed by atoms with E-state index in [9.17, 15) is 4.79 Å². The lowest BCUT2D eigenvalue weighted by atomic mass is 10.0. The van der Waals surface area contributed by atoms with Gasteiger partial charge in [0, 0.05) is 26.2 Å². The van der Waals surface area contributed by atoms with Crippen molar-refractivity contribution in [2.75, 3.05) is 39.3 Å². The predicted octanol–water partition coefficient (Wildman–Crippen LogP) is 1.32. The van der Waals surface area contributed by atoms with E-state index < -0.39 is 0 Å². The van der Waals surface area contributed by atoms with Crippen LogP contribution in [0.3, 0.4) is 0 Å². The second kappa shape index (κ2) is 7.25. The molecule has 0 radical (unpaired) electrons. The molecule has 2 heterocycles. The monoisotopic (exact) mass is 267 g/mol. The van der Waals surface area contributed by atoms with E-state index in [1.807, 2.05) is 0 Å². The fourth-order valence-corrected chi connectivity index (χ4v) is 2.92. The maximum absolute atomic E-state index is 12.4. The van der Waals surface area contributed by atoms with Gasteiger partial charge in [0.1, 0.15) is 0 Å². The molecule has 2 rings (SSSR count). The highest BCUT2D eigenvalue weighted by Crippen LogP contribution is 2.12. The molecule has 110 valence electrons. The Morgan fingerprint density at radius 1 is 1.21 bits per heavy atom. The van der Waals surface area contributed by atoms with Gasteiger partial charge < -0.3 is 10.2 Å². The Morgan fingerprint density at radius 2 is 1.95 bits per heavy atom. The van der Waals surface area contributed by atoms with Crippen LogP contribution in [0, 0.1) is 5.92 Å². The van der Waals surface area contributed by atoms with Gasteiger partial charge in [-0.3, -0.25) is 9.69 Å². The molecule has 1 amide bonds. The normalized spacial score (nSPS) is 25.8. The molecule has 0 aromatic heterocycles. The minimum Gasteiger partial charge on any atom is -0.339 e. The van der Waals surface area contributed by atoms with Crippen LogP contribution >= 0.6 is 0 Å². The summed E-state index contributed by atoms with van der Waals surface area (Å²) < 4.78 is 0. The van der Waals surface area contributed by atoms with Crippen LogP contribution in [0.4, 0.5) is 0 Å². The number of piperazine rings is 1. The lowest BCUT2D eigenvalue weighted by molar-refractivity contribution is -0.135. The number of amides is 1. The molecule has 0 saturated carbocycles. The van der Waals surface area contributed by atoms with Gasteiger partial charge >= 0.3 is 0 Å². The molecule has 2 aliphatic heterocycles. The van der Waals surface area contributed by atoms with Crippen molar-refractivity contribution in [3.8, 4) is 0 Å². The lowest BCUT2D eigenvalue weighted by Gasteiger charge is -2.37. The van der Waals surface area contributed by atoms with Gasteiger partial charge in [0.15, 0.2) is 0 Å². The highest BCUT2D eigenvalue weighted by Gasteiger charge is 2.27. The molecule has 0 aromatic carbocycles. The topological polar surface area (TPSA) is 35.6 Å². The Bertz CT molecular complexity index is 279. The summed E-state index contributed by atoms with van der Waals surface area (Å²) in [6.45, 7) is 10.6. The quantitative estimate of drug-likeness (QED) is 0.834. The van der Waals surface area contributed by atoms with Crippen molar-refractivity contribution in [1.82, 2.24) is 15.1 Å². The number of nitrogens with zero attached hydrogens (tertiary/aromatic N) is 2. The maximum Gasteiger partial charge on any atom is 0.239 e. The second-order valence-electron chi connectivity index (χ2n) is 6.35. The molecule has 1 atom stereocenters. The van der Waals surface area contributed by atoms with Crippen LogP contribution in [0.15, 0.2) is 0 Å². The fourth-order valence-electron chi connectivity index (χ4n) is 2.92. The Balaban J connectivity index is 1.71. The van der Waals surface area contributed by atoms with Crippen LogP contribution in [0.1, 0.15) is 39.5 Å². The smallest absolute Gasteiger partial charge is 0.239 e. The number of carbonyl (C=O) groups is 1. The van der Waals surface area contributed by atoms with E-state index in [-0.39, 0.29) is 6.04 Å². The summed E-state index contributed by atoms with van der Waals surface area (Å²) in [5.41, 5.74) is 0. The molecule has 2 aliphatic rings. The Hall–Kier alpha value is -0.610. The minimum atomic E-state index is 0.0935. The summed E-state index contributed by atoms with van der Waals surface area (Å²) in [6, 6.07) is 0.0935. The SMILES string of the molecule is CC(C)CCN1CCN(C(=O)[C@@H]2CCCCN2)CC1. The molecule has 19 heavy (non-hydrogen) atoms. The van der Waals surface area contributed by atoms with Gasteiger partial charge in [-0.15, -0.1) is 0 Å². The number of rotatable bonds is 4. The molecular formula is C15H29N3O.